The van der Waals surface area contributed by atoms with Crippen molar-refractivity contribution in [3.8, 4) is 5.75 Å². The summed E-state index contributed by atoms with van der Waals surface area (Å²) in [4.78, 5) is 12.2. The zero-order valence-corrected chi connectivity index (χ0v) is 15.1. The average molecular weight is 346 g/mol. The van der Waals surface area contributed by atoms with E-state index in [2.05, 4.69) is 30.3 Å². The zero-order valence-electron chi connectivity index (χ0n) is 15.1. The maximum Gasteiger partial charge on any atom is 0.333 e. The number of esters is 1. The van der Waals surface area contributed by atoms with Gasteiger partial charge in [0.05, 0.1) is 14.2 Å². The van der Waals surface area contributed by atoms with Gasteiger partial charge >= 0.3 is 5.97 Å². The van der Waals surface area contributed by atoms with Crippen LogP contribution in [0.2, 0.25) is 0 Å². The van der Waals surface area contributed by atoms with Gasteiger partial charge in [0.1, 0.15) is 5.75 Å². The van der Waals surface area contributed by atoms with Gasteiger partial charge in [-0.3, -0.25) is 0 Å². The average Bonchev–Trinajstić information content (AvgIpc) is 2.70. The SMILES string of the molecule is COC(=O)/C(=C/c1ccc(OC)cc1)CCc1ccc2ccccc2c1. The molecule has 0 heterocycles. The van der Waals surface area contributed by atoms with Gasteiger partial charge < -0.3 is 9.47 Å². The van der Waals surface area contributed by atoms with Crippen molar-refractivity contribution in [1.29, 1.82) is 0 Å². The largest absolute Gasteiger partial charge is 0.497 e. The van der Waals surface area contributed by atoms with E-state index in [1.54, 1.807) is 7.11 Å². The highest BCUT2D eigenvalue weighted by Gasteiger charge is 2.10. The smallest absolute Gasteiger partial charge is 0.333 e. The molecular formula is C23H22O3. The highest BCUT2D eigenvalue weighted by atomic mass is 16.5. The number of fused-ring (bicyclic) bond motifs is 1. The summed E-state index contributed by atoms with van der Waals surface area (Å²) in [5, 5.41) is 2.43. The van der Waals surface area contributed by atoms with Crippen LogP contribution in [0.3, 0.4) is 0 Å². The summed E-state index contributed by atoms with van der Waals surface area (Å²) in [7, 11) is 3.05. The van der Waals surface area contributed by atoms with Crippen LogP contribution >= 0.6 is 0 Å². The third-order valence-electron chi connectivity index (χ3n) is 4.40. The number of hydrogen-bond donors (Lipinski definition) is 0. The van der Waals surface area contributed by atoms with Crippen molar-refractivity contribution in [2.75, 3.05) is 14.2 Å². The number of methoxy groups -OCH3 is 2. The van der Waals surface area contributed by atoms with Crippen LogP contribution in [0.4, 0.5) is 0 Å². The van der Waals surface area contributed by atoms with Crippen molar-refractivity contribution < 1.29 is 14.3 Å². The second-order valence-electron chi connectivity index (χ2n) is 6.12. The van der Waals surface area contributed by atoms with Crippen molar-refractivity contribution in [1.82, 2.24) is 0 Å². The lowest BCUT2D eigenvalue weighted by Gasteiger charge is -2.08. The highest BCUT2D eigenvalue weighted by Crippen LogP contribution is 2.20. The summed E-state index contributed by atoms with van der Waals surface area (Å²) in [6.45, 7) is 0. The Kier molecular flexibility index (Phi) is 5.69. The lowest BCUT2D eigenvalue weighted by molar-refractivity contribution is -0.136. The zero-order chi connectivity index (χ0) is 18.4. The summed E-state index contributed by atoms with van der Waals surface area (Å²) >= 11 is 0. The van der Waals surface area contributed by atoms with Gasteiger partial charge in [0.15, 0.2) is 0 Å². The van der Waals surface area contributed by atoms with E-state index in [0.717, 1.165) is 17.7 Å². The van der Waals surface area contributed by atoms with Gasteiger partial charge in [-0.25, -0.2) is 4.79 Å². The fourth-order valence-corrected chi connectivity index (χ4v) is 2.94. The van der Waals surface area contributed by atoms with Crippen molar-refractivity contribution >= 4 is 22.8 Å². The Morgan fingerprint density at radius 1 is 0.923 bits per heavy atom. The van der Waals surface area contributed by atoms with Crippen LogP contribution in [0.5, 0.6) is 5.75 Å². The molecule has 0 aliphatic carbocycles. The second-order valence-corrected chi connectivity index (χ2v) is 6.12. The van der Waals surface area contributed by atoms with Gasteiger partial charge in [0.2, 0.25) is 0 Å². The molecule has 3 rings (SSSR count). The molecule has 0 saturated carbocycles. The van der Waals surface area contributed by atoms with Gasteiger partial charge in [-0.15, -0.1) is 0 Å². The number of carbonyl (C=O) groups excluding carboxylic acids is 1. The minimum Gasteiger partial charge on any atom is -0.497 e. The van der Waals surface area contributed by atoms with Gasteiger partial charge in [0, 0.05) is 5.57 Å². The molecule has 0 aliphatic heterocycles. The molecule has 3 nitrogen and oxygen atoms in total. The Morgan fingerprint density at radius 3 is 2.35 bits per heavy atom. The molecule has 132 valence electrons. The van der Waals surface area contributed by atoms with Crippen LogP contribution in [-0.2, 0) is 16.0 Å². The van der Waals surface area contributed by atoms with Crippen LogP contribution in [0.1, 0.15) is 17.5 Å². The molecule has 0 saturated heterocycles. The van der Waals surface area contributed by atoms with Crippen molar-refractivity contribution in [3.63, 3.8) is 0 Å². The number of benzene rings is 3. The number of rotatable bonds is 6. The standard InChI is InChI=1S/C23H22O3/c1-25-22-13-9-18(10-14-22)16-21(23(24)26-2)12-8-17-7-11-19-5-3-4-6-20(19)15-17/h3-7,9-11,13-16H,8,12H2,1-2H3/b21-16+. The van der Waals surface area contributed by atoms with Crippen molar-refractivity contribution in [2.45, 2.75) is 12.8 Å². The van der Waals surface area contributed by atoms with Crippen LogP contribution in [-0.4, -0.2) is 20.2 Å². The Labute approximate surface area is 153 Å². The molecule has 26 heavy (non-hydrogen) atoms. The number of ether oxygens (including phenoxy) is 2. The van der Waals surface area contributed by atoms with E-state index in [0.29, 0.717) is 12.0 Å². The van der Waals surface area contributed by atoms with Gasteiger partial charge in [0.25, 0.3) is 0 Å². The van der Waals surface area contributed by atoms with Crippen molar-refractivity contribution in [3.05, 3.63) is 83.4 Å². The number of carbonyl (C=O) groups is 1. The van der Waals surface area contributed by atoms with E-state index in [-0.39, 0.29) is 5.97 Å². The normalized spacial score (nSPS) is 11.4. The van der Waals surface area contributed by atoms with Crippen LogP contribution in [0.25, 0.3) is 16.8 Å². The quantitative estimate of drug-likeness (QED) is 0.463. The maximum atomic E-state index is 12.2. The molecule has 0 aliphatic rings. The third-order valence-corrected chi connectivity index (χ3v) is 4.40. The van der Waals surface area contributed by atoms with Gasteiger partial charge in [-0.2, -0.15) is 0 Å². The first-order valence-corrected chi connectivity index (χ1v) is 8.60. The first-order chi connectivity index (χ1) is 12.7. The molecule has 0 aromatic heterocycles. The predicted octanol–water partition coefficient (Wildman–Crippen LogP) is 5.04. The summed E-state index contributed by atoms with van der Waals surface area (Å²) < 4.78 is 10.1. The molecule has 3 heteroatoms. The number of aryl methyl sites for hydroxylation is 1. The molecule has 0 radical (unpaired) electrons. The van der Waals surface area contributed by atoms with Gasteiger partial charge in [-0.05, 0) is 52.9 Å². The van der Waals surface area contributed by atoms with E-state index >= 15 is 0 Å². The summed E-state index contributed by atoms with van der Waals surface area (Å²) in [6, 6.07) is 22.3. The lowest BCUT2D eigenvalue weighted by Crippen LogP contribution is -2.06. The first-order valence-electron chi connectivity index (χ1n) is 8.60. The second kappa shape index (κ2) is 8.34. The Balaban J connectivity index is 1.78. The monoisotopic (exact) mass is 346 g/mol. The molecule has 3 aromatic carbocycles. The molecule has 0 fully saturated rings. The lowest BCUT2D eigenvalue weighted by atomic mass is 10.00. The molecule has 0 atom stereocenters. The van der Waals surface area contributed by atoms with E-state index in [1.165, 1.54) is 23.4 Å². The minimum absolute atomic E-state index is 0.290. The minimum atomic E-state index is -0.290. The van der Waals surface area contributed by atoms with E-state index in [1.807, 2.05) is 42.5 Å². The molecule has 0 spiro atoms. The highest BCUT2D eigenvalue weighted by molar-refractivity contribution is 5.93. The fraction of sp³-hybridized carbons (Fsp3) is 0.174. The van der Waals surface area contributed by atoms with Crippen LogP contribution in [0, 0.1) is 0 Å². The molecule has 0 bridgehead atoms. The molecule has 3 aromatic rings. The summed E-state index contributed by atoms with van der Waals surface area (Å²) in [5.41, 5.74) is 2.81. The van der Waals surface area contributed by atoms with Crippen molar-refractivity contribution in [2.24, 2.45) is 0 Å². The van der Waals surface area contributed by atoms with E-state index < -0.39 is 0 Å². The van der Waals surface area contributed by atoms with E-state index in [4.69, 9.17) is 9.47 Å². The van der Waals surface area contributed by atoms with Crippen LogP contribution in [0.15, 0.2) is 72.3 Å². The molecule has 0 N–H and O–H groups in total. The molecular weight excluding hydrogens is 324 g/mol. The van der Waals surface area contributed by atoms with Gasteiger partial charge in [-0.1, -0.05) is 54.6 Å². The van der Waals surface area contributed by atoms with E-state index in [9.17, 15) is 4.79 Å². The Hall–Kier alpha value is -3.07. The topological polar surface area (TPSA) is 35.5 Å². The summed E-state index contributed by atoms with van der Waals surface area (Å²) in [5.74, 6) is 0.500. The van der Waals surface area contributed by atoms with Crippen LogP contribution < -0.4 is 4.74 Å². The third kappa shape index (κ3) is 4.31. The Morgan fingerprint density at radius 2 is 1.65 bits per heavy atom. The summed E-state index contributed by atoms with van der Waals surface area (Å²) in [6.07, 6.45) is 3.28. The fourth-order valence-electron chi connectivity index (χ4n) is 2.94. The maximum absolute atomic E-state index is 12.2. The first kappa shape index (κ1) is 17.7. The molecule has 0 amide bonds. The Bertz CT molecular complexity index is 924. The number of hydrogen-bond acceptors (Lipinski definition) is 3. The predicted molar refractivity (Wildman–Crippen MR) is 105 cm³/mol. The molecule has 0 unspecified atom stereocenters.